The largest absolute Gasteiger partial charge is 0.310 e. The molecule has 0 aliphatic carbocycles. The number of aromatic nitrogens is 4. The molecule has 6 heteroatoms. The average molecular weight is 293 g/mol. The Morgan fingerprint density at radius 3 is 2.95 bits per heavy atom. The highest BCUT2D eigenvalue weighted by atomic mass is 16.1. The summed E-state index contributed by atoms with van der Waals surface area (Å²) in [5.41, 5.74) is 2.11. The predicted octanol–water partition coefficient (Wildman–Crippen LogP) is 2.15. The third-order valence-corrected chi connectivity index (χ3v) is 3.14. The van der Waals surface area contributed by atoms with Crippen LogP contribution in [0.25, 0.3) is 5.82 Å². The molecule has 0 saturated heterocycles. The molecule has 2 aromatic heterocycles. The third kappa shape index (κ3) is 3.35. The summed E-state index contributed by atoms with van der Waals surface area (Å²) in [6.07, 6.45) is 6.81. The Morgan fingerprint density at radius 1 is 1.27 bits per heavy atom. The summed E-state index contributed by atoms with van der Waals surface area (Å²) in [5, 5.41) is 2.79. The van der Waals surface area contributed by atoms with Crippen LogP contribution in [-0.2, 0) is 11.2 Å². The van der Waals surface area contributed by atoms with Gasteiger partial charge in [-0.1, -0.05) is 29.8 Å². The van der Waals surface area contributed by atoms with Crippen LogP contribution in [0.2, 0.25) is 0 Å². The zero-order valence-corrected chi connectivity index (χ0v) is 12.1. The number of benzene rings is 1. The van der Waals surface area contributed by atoms with Gasteiger partial charge in [-0.05, 0) is 12.5 Å². The van der Waals surface area contributed by atoms with Gasteiger partial charge < -0.3 is 5.32 Å². The number of hydrogen-bond donors (Lipinski definition) is 1. The van der Waals surface area contributed by atoms with Crippen LogP contribution in [0.4, 0.5) is 5.82 Å². The van der Waals surface area contributed by atoms with Gasteiger partial charge in [0.25, 0.3) is 0 Å². The number of nitrogens with one attached hydrogen (secondary N) is 1. The Hall–Kier alpha value is -3.02. The first-order valence-corrected chi connectivity index (χ1v) is 6.86. The Balaban J connectivity index is 1.70. The number of nitrogens with zero attached hydrogens (tertiary/aromatic N) is 4. The Morgan fingerprint density at radius 2 is 2.18 bits per heavy atom. The van der Waals surface area contributed by atoms with Crippen molar-refractivity contribution in [3.8, 4) is 5.82 Å². The third-order valence-electron chi connectivity index (χ3n) is 3.14. The molecule has 0 bridgehead atoms. The number of rotatable bonds is 4. The van der Waals surface area contributed by atoms with E-state index < -0.39 is 0 Å². The molecule has 0 aliphatic rings. The molecule has 1 amide bonds. The molecular formula is C16H15N5O. The van der Waals surface area contributed by atoms with Gasteiger partial charge in [0.15, 0.2) is 0 Å². The van der Waals surface area contributed by atoms with Crippen LogP contribution in [0.15, 0.2) is 55.4 Å². The minimum atomic E-state index is -0.110. The number of aryl methyl sites for hydroxylation is 1. The fourth-order valence-corrected chi connectivity index (χ4v) is 2.15. The number of carbonyl (C=O) groups is 1. The molecule has 1 aromatic carbocycles. The van der Waals surface area contributed by atoms with Crippen LogP contribution in [0.1, 0.15) is 11.1 Å². The minimum Gasteiger partial charge on any atom is -0.310 e. The molecule has 0 atom stereocenters. The quantitative estimate of drug-likeness (QED) is 0.800. The normalized spacial score (nSPS) is 10.4. The highest BCUT2D eigenvalue weighted by Crippen LogP contribution is 2.10. The van der Waals surface area contributed by atoms with E-state index in [9.17, 15) is 4.79 Å². The first kappa shape index (κ1) is 13.9. The standard InChI is InChI=1S/C16H15N5O/c1-12-3-2-4-13(7-12)8-16(22)20-14-9-15(19-10-18-14)21-6-5-17-11-21/h2-7,9-11H,8H2,1H3,(H,18,19,20,22). The van der Waals surface area contributed by atoms with Gasteiger partial charge in [0.1, 0.15) is 24.3 Å². The molecule has 2 heterocycles. The van der Waals surface area contributed by atoms with Crippen LogP contribution in [-0.4, -0.2) is 25.4 Å². The van der Waals surface area contributed by atoms with Gasteiger partial charge in [-0.25, -0.2) is 15.0 Å². The molecule has 3 aromatic rings. The van der Waals surface area contributed by atoms with E-state index in [4.69, 9.17) is 0 Å². The fraction of sp³-hybridized carbons (Fsp3) is 0.125. The van der Waals surface area contributed by atoms with Crippen molar-refractivity contribution in [1.82, 2.24) is 19.5 Å². The second-order valence-electron chi connectivity index (χ2n) is 4.95. The summed E-state index contributed by atoms with van der Waals surface area (Å²) in [6, 6.07) is 9.58. The number of imidazole rings is 1. The van der Waals surface area contributed by atoms with Crippen molar-refractivity contribution in [3.05, 3.63) is 66.5 Å². The molecule has 0 spiro atoms. The molecule has 0 unspecified atom stereocenters. The number of hydrogen-bond acceptors (Lipinski definition) is 4. The minimum absolute atomic E-state index is 0.110. The zero-order valence-electron chi connectivity index (χ0n) is 12.1. The van der Waals surface area contributed by atoms with Crippen molar-refractivity contribution in [2.45, 2.75) is 13.3 Å². The average Bonchev–Trinajstić information content (AvgIpc) is 3.01. The summed E-state index contributed by atoms with van der Waals surface area (Å²) >= 11 is 0. The van der Waals surface area contributed by atoms with E-state index >= 15 is 0 Å². The second kappa shape index (κ2) is 6.17. The number of carbonyl (C=O) groups excluding carboxylic acids is 1. The summed E-state index contributed by atoms with van der Waals surface area (Å²) in [4.78, 5) is 24.3. The zero-order chi connectivity index (χ0) is 15.4. The predicted molar refractivity (Wildman–Crippen MR) is 82.7 cm³/mol. The lowest BCUT2D eigenvalue weighted by molar-refractivity contribution is -0.115. The lowest BCUT2D eigenvalue weighted by atomic mass is 10.1. The van der Waals surface area contributed by atoms with Gasteiger partial charge in [0.2, 0.25) is 5.91 Å². The second-order valence-corrected chi connectivity index (χ2v) is 4.95. The van der Waals surface area contributed by atoms with Gasteiger partial charge in [-0.2, -0.15) is 0 Å². The maximum Gasteiger partial charge on any atom is 0.229 e. The Bertz CT molecular complexity index is 783. The van der Waals surface area contributed by atoms with E-state index in [1.807, 2.05) is 31.2 Å². The van der Waals surface area contributed by atoms with Crippen LogP contribution in [0.5, 0.6) is 0 Å². The molecule has 0 aliphatic heterocycles. The van der Waals surface area contributed by atoms with Crippen LogP contribution in [0, 0.1) is 6.92 Å². The molecule has 0 fully saturated rings. The molecule has 22 heavy (non-hydrogen) atoms. The van der Waals surface area contributed by atoms with E-state index in [1.54, 1.807) is 29.4 Å². The van der Waals surface area contributed by atoms with E-state index in [2.05, 4.69) is 20.3 Å². The maximum atomic E-state index is 12.1. The van der Waals surface area contributed by atoms with Crippen molar-refractivity contribution < 1.29 is 4.79 Å². The topological polar surface area (TPSA) is 72.7 Å². The van der Waals surface area contributed by atoms with Crippen molar-refractivity contribution >= 4 is 11.7 Å². The highest BCUT2D eigenvalue weighted by Gasteiger charge is 2.07. The fourth-order valence-electron chi connectivity index (χ4n) is 2.15. The molecule has 3 rings (SSSR count). The Labute approximate surface area is 127 Å². The Kier molecular flexibility index (Phi) is 3.91. The molecule has 110 valence electrons. The van der Waals surface area contributed by atoms with E-state index in [-0.39, 0.29) is 5.91 Å². The highest BCUT2D eigenvalue weighted by molar-refractivity contribution is 5.91. The lowest BCUT2D eigenvalue weighted by Gasteiger charge is -2.07. The van der Waals surface area contributed by atoms with E-state index in [0.717, 1.165) is 11.1 Å². The van der Waals surface area contributed by atoms with Gasteiger partial charge in [0.05, 0.1) is 6.42 Å². The summed E-state index contributed by atoms with van der Waals surface area (Å²) in [6.45, 7) is 2.00. The summed E-state index contributed by atoms with van der Waals surface area (Å²) in [7, 11) is 0. The van der Waals surface area contributed by atoms with Crippen LogP contribution in [0.3, 0.4) is 0 Å². The molecule has 0 saturated carbocycles. The van der Waals surface area contributed by atoms with Crippen molar-refractivity contribution in [2.24, 2.45) is 0 Å². The van der Waals surface area contributed by atoms with Gasteiger partial charge >= 0.3 is 0 Å². The molecular weight excluding hydrogens is 278 g/mol. The van der Waals surface area contributed by atoms with Crippen LogP contribution >= 0.6 is 0 Å². The van der Waals surface area contributed by atoms with Crippen molar-refractivity contribution in [3.63, 3.8) is 0 Å². The number of amides is 1. The summed E-state index contributed by atoms with van der Waals surface area (Å²) < 4.78 is 1.75. The van der Waals surface area contributed by atoms with E-state index in [0.29, 0.717) is 18.1 Å². The smallest absolute Gasteiger partial charge is 0.229 e. The monoisotopic (exact) mass is 293 g/mol. The van der Waals surface area contributed by atoms with Gasteiger partial charge in [0, 0.05) is 18.5 Å². The molecule has 1 N–H and O–H groups in total. The first-order valence-electron chi connectivity index (χ1n) is 6.86. The summed E-state index contributed by atoms with van der Waals surface area (Å²) in [5.74, 6) is 1.01. The first-order chi connectivity index (χ1) is 10.7. The van der Waals surface area contributed by atoms with E-state index in [1.165, 1.54) is 6.33 Å². The number of anilines is 1. The SMILES string of the molecule is Cc1cccc(CC(=O)Nc2cc(-n3ccnc3)ncn2)c1. The van der Waals surface area contributed by atoms with Crippen molar-refractivity contribution in [1.29, 1.82) is 0 Å². The van der Waals surface area contributed by atoms with Crippen LogP contribution < -0.4 is 5.32 Å². The van der Waals surface area contributed by atoms with Gasteiger partial charge in [-0.15, -0.1) is 0 Å². The lowest BCUT2D eigenvalue weighted by Crippen LogP contribution is -2.15. The maximum absolute atomic E-state index is 12.1. The van der Waals surface area contributed by atoms with Crippen molar-refractivity contribution in [2.75, 3.05) is 5.32 Å². The molecule has 0 radical (unpaired) electrons. The van der Waals surface area contributed by atoms with Gasteiger partial charge in [-0.3, -0.25) is 9.36 Å². The molecule has 6 nitrogen and oxygen atoms in total.